The van der Waals surface area contributed by atoms with Crippen LogP contribution in [-0.4, -0.2) is 37.4 Å². The van der Waals surface area contributed by atoms with Crippen LogP contribution in [0.3, 0.4) is 0 Å². The van der Waals surface area contributed by atoms with Crippen LogP contribution in [-0.2, 0) is 9.59 Å². The Morgan fingerprint density at radius 3 is 2.38 bits per heavy atom. The van der Waals surface area contributed by atoms with E-state index in [4.69, 9.17) is 0 Å². The Bertz CT molecular complexity index is 248. The molecule has 0 aromatic rings. The summed E-state index contributed by atoms with van der Waals surface area (Å²) < 4.78 is 0. The molecule has 0 aliphatic carbocycles. The summed E-state index contributed by atoms with van der Waals surface area (Å²) >= 11 is 0. The highest BCUT2D eigenvalue weighted by atomic mass is 16.2. The Kier molecular flexibility index (Phi) is 5.37. The van der Waals surface area contributed by atoms with E-state index in [2.05, 4.69) is 17.2 Å². The molecule has 0 saturated heterocycles. The lowest BCUT2D eigenvalue weighted by Crippen LogP contribution is -2.24. The van der Waals surface area contributed by atoms with E-state index in [1.807, 2.05) is 6.92 Å². The zero-order valence-electron chi connectivity index (χ0n) is 8.18. The maximum Gasteiger partial charge on any atom is 0.298 e. The van der Waals surface area contributed by atoms with Crippen molar-refractivity contribution in [1.82, 2.24) is 10.2 Å². The predicted octanol–water partition coefficient (Wildman–Crippen LogP) is -0.396. The van der Waals surface area contributed by atoms with Gasteiger partial charge in [-0.2, -0.15) is 0 Å². The van der Waals surface area contributed by atoms with Gasteiger partial charge in [0.2, 0.25) is 0 Å². The second-order valence-corrected chi connectivity index (χ2v) is 2.71. The fourth-order valence-electron chi connectivity index (χ4n) is 0.505. The molecule has 0 unspecified atom stereocenters. The van der Waals surface area contributed by atoms with Crippen molar-refractivity contribution < 1.29 is 9.59 Å². The summed E-state index contributed by atoms with van der Waals surface area (Å²) in [5.74, 6) is 3.65. The van der Waals surface area contributed by atoms with Gasteiger partial charge in [-0.3, -0.25) is 9.59 Å². The molecule has 0 saturated carbocycles. The van der Waals surface area contributed by atoms with Crippen LogP contribution in [0.4, 0.5) is 0 Å². The molecule has 0 aliphatic rings. The van der Waals surface area contributed by atoms with Crippen molar-refractivity contribution in [2.24, 2.45) is 0 Å². The van der Waals surface area contributed by atoms with Gasteiger partial charge in [-0.25, -0.2) is 0 Å². The molecule has 0 bridgehead atoms. The van der Waals surface area contributed by atoms with Crippen molar-refractivity contribution in [2.45, 2.75) is 13.3 Å². The normalized spacial score (nSPS) is 8.23. The zero-order valence-corrected chi connectivity index (χ0v) is 8.18. The number of nitrogens with zero attached hydrogens (tertiary/aromatic N) is 1. The smallest absolute Gasteiger partial charge is 0.298 e. The Hall–Kier alpha value is -1.50. The van der Waals surface area contributed by atoms with Gasteiger partial charge in [0.25, 0.3) is 11.8 Å². The highest BCUT2D eigenvalue weighted by Crippen LogP contribution is 1.75. The Labute approximate surface area is 78.3 Å². The van der Waals surface area contributed by atoms with Crippen LogP contribution in [0.15, 0.2) is 0 Å². The largest absolute Gasteiger partial charge is 0.345 e. The van der Waals surface area contributed by atoms with Gasteiger partial charge in [-0.15, -0.1) is 0 Å². The molecule has 13 heavy (non-hydrogen) atoms. The standard InChI is InChI=1S/C9H14N2O2/c1-4-7-10-8(12)5-6-9(13)11(2)3/h4,7H2,1-3H3,(H,10,12). The fraction of sp³-hybridized carbons (Fsp3) is 0.556. The van der Waals surface area contributed by atoms with E-state index in [0.717, 1.165) is 6.42 Å². The molecule has 0 rings (SSSR count). The first kappa shape index (κ1) is 11.5. The maximum absolute atomic E-state index is 10.9. The van der Waals surface area contributed by atoms with Gasteiger partial charge >= 0.3 is 0 Å². The van der Waals surface area contributed by atoms with Crippen LogP contribution in [0.5, 0.6) is 0 Å². The molecule has 0 fully saturated rings. The summed E-state index contributed by atoms with van der Waals surface area (Å²) in [6, 6.07) is 0. The number of carbonyl (C=O) groups is 2. The second kappa shape index (κ2) is 6.06. The third-order valence-corrected chi connectivity index (χ3v) is 1.22. The van der Waals surface area contributed by atoms with Crippen molar-refractivity contribution in [3.63, 3.8) is 0 Å². The van der Waals surface area contributed by atoms with Gasteiger partial charge in [0.1, 0.15) is 0 Å². The Balaban J connectivity index is 3.95. The molecular formula is C9H14N2O2. The van der Waals surface area contributed by atoms with E-state index in [0.29, 0.717) is 6.54 Å². The van der Waals surface area contributed by atoms with Crippen LogP contribution in [0.1, 0.15) is 13.3 Å². The summed E-state index contributed by atoms with van der Waals surface area (Å²) in [5.41, 5.74) is 0. The molecule has 0 aromatic heterocycles. The van der Waals surface area contributed by atoms with Gasteiger partial charge < -0.3 is 10.2 Å². The van der Waals surface area contributed by atoms with E-state index in [-0.39, 0.29) is 5.91 Å². The molecule has 0 heterocycles. The zero-order chi connectivity index (χ0) is 10.3. The third-order valence-electron chi connectivity index (χ3n) is 1.22. The minimum atomic E-state index is -0.406. The average molecular weight is 182 g/mol. The van der Waals surface area contributed by atoms with Gasteiger partial charge in [0.05, 0.1) is 0 Å². The first-order valence-electron chi connectivity index (χ1n) is 4.09. The van der Waals surface area contributed by atoms with E-state index < -0.39 is 5.91 Å². The van der Waals surface area contributed by atoms with E-state index >= 15 is 0 Å². The Morgan fingerprint density at radius 2 is 1.92 bits per heavy atom. The van der Waals surface area contributed by atoms with Gasteiger partial charge in [-0.05, 0) is 6.42 Å². The van der Waals surface area contributed by atoms with E-state index in [1.165, 1.54) is 4.90 Å². The summed E-state index contributed by atoms with van der Waals surface area (Å²) in [4.78, 5) is 23.1. The van der Waals surface area contributed by atoms with Crippen molar-refractivity contribution in [1.29, 1.82) is 0 Å². The lowest BCUT2D eigenvalue weighted by Gasteiger charge is -2.02. The van der Waals surface area contributed by atoms with E-state index in [9.17, 15) is 9.59 Å². The summed E-state index contributed by atoms with van der Waals surface area (Å²) in [7, 11) is 3.17. The summed E-state index contributed by atoms with van der Waals surface area (Å²) in [5, 5.41) is 2.54. The highest BCUT2D eigenvalue weighted by molar-refractivity contribution is 6.02. The van der Waals surface area contributed by atoms with Gasteiger partial charge in [0, 0.05) is 32.5 Å². The first-order valence-corrected chi connectivity index (χ1v) is 4.09. The number of nitrogens with one attached hydrogen (secondary N) is 1. The van der Waals surface area contributed by atoms with Crippen LogP contribution in [0.25, 0.3) is 0 Å². The van der Waals surface area contributed by atoms with Crippen molar-refractivity contribution >= 4 is 11.8 Å². The quantitative estimate of drug-likeness (QED) is 0.591. The molecule has 1 N–H and O–H groups in total. The molecule has 4 heteroatoms. The number of hydrogen-bond acceptors (Lipinski definition) is 2. The topological polar surface area (TPSA) is 49.4 Å². The minimum absolute atomic E-state index is 0.369. The lowest BCUT2D eigenvalue weighted by molar-refractivity contribution is -0.123. The summed E-state index contributed by atoms with van der Waals surface area (Å²) in [6.45, 7) is 2.53. The van der Waals surface area contributed by atoms with Crippen molar-refractivity contribution in [3.8, 4) is 11.8 Å². The molecule has 0 atom stereocenters. The van der Waals surface area contributed by atoms with Crippen LogP contribution >= 0.6 is 0 Å². The molecule has 0 spiro atoms. The molecule has 72 valence electrons. The maximum atomic E-state index is 10.9. The monoisotopic (exact) mass is 182 g/mol. The molecule has 2 amide bonds. The van der Waals surface area contributed by atoms with Crippen LogP contribution < -0.4 is 5.32 Å². The number of hydrogen-bond donors (Lipinski definition) is 1. The Morgan fingerprint density at radius 1 is 1.31 bits per heavy atom. The third kappa shape index (κ3) is 5.74. The molecule has 0 aromatic carbocycles. The predicted molar refractivity (Wildman–Crippen MR) is 49.8 cm³/mol. The molecule has 0 aliphatic heterocycles. The molecule has 4 nitrogen and oxygen atoms in total. The first-order chi connectivity index (χ1) is 6.07. The molecule has 0 radical (unpaired) electrons. The average Bonchev–Trinajstić information content (AvgIpc) is 2.10. The van der Waals surface area contributed by atoms with Crippen molar-refractivity contribution in [3.05, 3.63) is 0 Å². The fourth-order valence-corrected chi connectivity index (χ4v) is 0.505. The molecular weight excluding hydrogens is 168 g/mol. The van der Waals surface area contributed by atoms with Gasteiger partial charge in [0.15, 0.2) is 0 Å². The van der Waals surface area contributed by atoms with Gasteiger partial charge in [-0.1, -0.05) is 6.92 Å². The second-order valence-electron chi connectivity index (χ2n) is 2.71. The minimum Gasteiger partial charge on any atom is -0.345 e. The summed E-state index contributed by atoms with van der Waals surface area (Å²) in [6.07, 6.45) is 0.856. The number of carbonyl (C=O) groups excluding carboxylic acids is 2. The highest BCUT2D eigenvalue weighted by Gasteiger charge is 1.98. The van der Waals surface area contributed by atoms with Crippen LogP contribution in [0.2, 0.25) is 0 Å². The number of amides is 2. The number of rotatable bonds is 2. The van der Waals surface area contributed by atoms with E-state index in [1.54, 1.807) is 14.1 Å². The SMILES string of the molecule is CCCNC(=O)C#CC(=O)N(C)C. The lowest BCUT2D eigenvalue weighted by atomic mass is 10.4. The van der Waals surface area contributed by atoms with Crippen LogP contribution in [0, 0.1) is 11.8 Å². The van der Waals surface area contributed by atoms with Crippen molar-refractivity contribution in [2.75, 3.05) is 20.6 Å².